The molecule has 0 bridgehead atoms. The molecule has 4 rings (SSSR count). The molecule has 0 unspecified atom stereocenters. The molecule has 0 amide bonds. The van der Waals surface area contributed by atoms with Gasteiger partial charge in [-0.3, -0.25) is 9.30 Å². The van der Waals surface area contributed by atoms with E-state index >= 15 is 0 Å². The van der Waals surface area contributed by atoms with Crippen LogP contribution in [-0.4, -0.2) is 76.3 Å². The highest BCUT2D eigenvalue weighted by Gasteiger charge is 2.35. The van der Waals surface area contributed by atoms with Gasteiger partial charge in [-0.2, -0.15) is 0 Å². The second-order valence-corrected chi connectivity index (χ2v) is 5.96. The summed E-state index contributed by atoms with van der Waals surface area (Å²) in [6.07, 6.45) is 2.04. The van der Waals surface area contributed by atoms with Crippen LogP contribution in [0.25, 0.3) is 5.65 Å². The number of piperazine rings is 1. The molecule has 0 atom stereocenters. The van der Waals surface area contributed by atoms with Crippen LogP contribution in [0.4, 0.5) is 5.95 Å². The molecule has 2 aliphatic rings. The number of aromatic nitrogens is 3. The van der Waals surface area contributed by atoms with Crippen molar-refractivity contribution in [2.75, 3.05) is 50.7 Å². The van der Waals surface area contributed by atoms with Crippen LogP contribution in [0.1, 0.15) is 6.92 Å². The van der Waals surface area contributed by atoms with E-state index in [1.807, 2.05) is 24.4 Å². The molecule has 2 fully saturated rings. The molecule has 0 spiro atoms. The number of hydrogen-bond donors (Lipinski definition) is 0. The molecule has 0 aromatic carbocycles. The Kier molecular flexibility index (Phi) is 3.27. The van der Waals surface area contributed by atoms with Gasteiger partial charge in [0.15, 0.2) is 5.65 Å². The lowest BCUT2D eigenvalue weighted by Crippen LogP contribution is -2.63. The maximum atomic E-state index is 4.33. The lowest BCUT2D eigenvalue weighted by atomic mass is 10.1. The fraction of sp³-hybridized carbons (Fsp3) is 0.600. The van der Waals surface area contributed by atoms with Crippen LogP contribution in [0.2, 0.25) is 0 Å². The Morgan fingerprint density at radius 3 is 2.67 bits per heavy atom. The van der Waals surface area contributed by atoms with Gasteiger partial charge in [0, 0.05) is 51.5 Å². The summed E-state index contributed by atoms with van der Waals surface area (Å²) in [6, 6.07) is 6.71. The van der Waals surface area contributed by atoms with Gasteiger partial charge < -0.3 is 9.80 Å². The van der Waals surface area contributed by atoms with E-state index in [9.17, 15) is 0 Å². The molecule has 4 heterocycles. The highest BCUT2D eigenvalue weighted by molar-refractivity contribution is 5.48. The highest BCUT2D eigenvalue weighted by atomic mass is 15.4. The van der Waals surface area contributed by atoms with Gasteiger partial charge in [-0.15, -0.1) is 10.2 Å². The summed E-state index contributed by atoms with van der Waals surface area (Å²) in [6.45, 7) is 10.4. The first-order valence-electron chi connectivity index (χ1n) is 7.86. The van der Waals surface area contributed by atoms with E-state index in [4.69, 9.17) is 0 Å². The Morgan fingerprint density at radius 1 is 1.10 bits per heavy atom. The molecule has 2 aliphatic heterocycles. The summed E-state index contributed by atoms with van der Waals surface area (Å²) >= 11 is 0. The Bertz CT molecular complexity index is 609. The summed E-state index contributed by atoms with van der Waals surface area (Å²) in [5, 5.41) is 8.57. The molecule has 2 aromatic rings. The molecule has 112 valence electrons. The fourth-order valence-electron chi connectivity index (χ4n) is 3.34. The number of nitrogens with zero attached hydrogens (tertiary/aromatic N) is 6. The topological polar surface area (TPSA) is 39.9 Å². The average molecular weight is 286 g/mol. The van der Waals surface area contributed by atoms with Crippen molar-refractivity contribution in [1.29, 1.82) is 0 Å². The van der Waals surface area contributed by atoms with Gasteiger partial charge in [0.25, 0.3) is 0 Å². The van der Waals surface area contributed by atoms with Gasteiger partial charge in [0.05, 0.1) is 0 Å². The van der Waals surface area contributed by atoms with Crippen molar-refractivity contribution in [2.24, 2.45) is 0 Å². The second kappa shape index (κ2) is 5.27. The first kappa shape index (κ1) is 13.0. The van der Waals surface area contributed by atoms with E-state index in [2.05, 4.69) is 36.2 Å². The number of anilines is 1. The second-order valence-electron chi connectivity index (χ2n) is 5.96. The van der Waals surface area contributed by atoms with Crippen molar-refractivity contribution in [2.45, 2.75) is 13.0 Å². The van der Waals surface area contributed by atoms with E-state index in [1.165, 1.54) is 32.7 Å². The van der Waals surface area contributed by atoms with Crippen LogP contribution in [0, 0.1) is 0 Å². The number of hydrogen-bond acceptors (Lipinski definition) is 5. The van der Waals surface area contributed by atoms with Crippen molar-refractivity contribution in [3.63, 3.8) is 0 Å². The molecule has 2 saturated heterocycles. The number of pyridine rings is 1. The fourth-order valence-corrected chi connectivity index (χ4v) is 3.34. The Morgan fingerprint density at radius 2 is 1.90 bits per heavy atom. The van der Waals surface area contributed by atoms with Crippen molar-refractivity contribution < 1.29 is 0 Å². The Labute approximate surface area is 125 Å². The van der Waals surface area contributed by atoms with E-state index in [0.717, 1.165) is 24.7 Å². The maximum absolute atomic E-state index is 4.33. The Balaban J connectivity index is 1.39. The minimum atomic E-state index is 0.681. The molecule has 6 nitrogen and oxygen atoms in total. The molecule has 2 aromatic heterocycles. The van der Waals surface area contributed by atoms with Gasteiger partial charge in [-0.05, 0) is 18.7 Å². The summed E-state index contributed by atoms with van der Waals surface area (Å²) in [4.78, 5) is 7.49. The van der Waals surface area contributed by atoms with Crippen molar-refractivity contribution in [3.8, 4) is 0 Å². The molecule has 21 heavy (non-hydrogen) atoms. The molecule has 0 radical (unpaired) electrons. The third-order valence-electron chi connectivity index (χ3n) is 4.81. The normalized spacial score (nSPS) is 21.9. The highest BCUT2D eigenvalue weighted by Crippen LogP contribution is 2.23. The lowest BCUT2D eigenvalue weighted by molar-refractivity contribution is 0.0856. The SMILES string of the molecule is CCN1CCN(C2CN(c3nnc4ccccn34)C2)CC1. The van der Waals surface area contributed by atoms with Gasteiger partial charge in [0.2, 0.25) is 5.95 Å². The number of likely N-dealkylation sites (N-methyl/N-ethyl adjacent to an activating group) is 1. The van der Waals surface area contributed by atoms with Crippen LogP contribution in [0.3, 0.4) is 0 Å². The molecule has 0 saturated carbocycles. The van der Waals surface area contributed by atoms with Crippen LogP contribution < -0.4 is 4.90 Å². The zero-order valence-electron chi connectivity index (χ0n) is 12.5. The van der Waals surface area contributed by atoms with Gasteiger partial charge in [-0.1, -0.05) is 13.0 Å². The quantitative estimate of drug-likeness (QED) is 0.824. The minimum Gasteiger partial charge on any atom is -0.337 e. The van der Waals surface area contributed by atoms with Crippen LogP contribution >= 0.6 is 0 Å². The standard InChI is InChI=1S/C15H22N6/c1-2-18-7-9-19(10-8-18)13-11-20(12-13)15-17-16-14-5-3-4-6-21(14)15/h3-6,13H,2,7-12H2,1H3. The van der Waals surface area contributed by atoms with Crippen LogP contribution in [-0.2, 0) is 0 Å². The number of fused-ring (bicyclic) bond motifs is 1. The number of rotatable bonds is 3. The zero-order valence-corrected chi connectivity index (χ0v) is 12.5. The van der Waals surface area contributed by atoms with E-state index in [-0.39, 0.29) is 0 Å². The predicted molar refractivity (Wildman–Crippen MR) is 82.7 cm³/mol. The summed E-state index contributed by atoms with van der Waals surface area (Å²) in [5.74, 6) is 0.981. The average Bonchev–Trinajstić information content (AvgIpc) is 2.91. The monoisotopic (exact) mass is 286 g/mol. The summed E-state index contributed by atoms with van der Waals surface area (Å²) < 4.78 is 2.07. The maximum Gasteiger partial charge on any atom is 0.231 e. The minimum absolute atomic E-state index is 0.681. The molecule has 0 N–H and O–H groups in total. The lowest BCUT2D eigenvalue weighted by Gasteiger charge is -2.48. The molecular weight excluding hydrogens is 264 g/mol. The Hall–Kier alpha value is -1.66. The van der Waals surface area contributed by atoms with Crippen LogP contribution in [0.5, 0.6) is 0 Å². The van der Waals surface area contributed by atoms with Gasteiger partial charge in [-0.25, -0.2) is 0 Å². The molecule has 6 heteroatoms. The van der Waals surface area contributed by atoms with Gasteiger partial charge >= 0.3 is 0 Å². The largest absolute Gasteiger partial charge is 0.337 e. The van der Waals surface area contributed by atoms with Crippen molar-refractivity contribution >= 4 is 11.6 Å². The third kappa shape index (κ3) is 2.28. The van der Waals surface area contributed by atoms with Crippen LogP contribution in [0.15, 0.2) is 24.4 Å². The first-order chi connectivity index (χ1) is 10.3. The van der Waals surface area contributed by atoms with E-state index in [0.29, 0.717) is 6.04 Å². The molecular formula is C15H22N6. The predicted octanol–water partition coefficient (Wildman–Crippen LogP) is 0.555. The van der Waals surface area contributed by atoms with E-state index < -0.39 is 0 Å². The van der Waals surface area contributed by atoms with E-state index in [1.54, 1.807) is 0 Å². The third-order valence-corrected chi connectivity index (χ3v) is 4.81. The van der Waals surface area contributed by atoms with Crippen molar-refractivity contribution in [1.82, 2.24) is 24.4 Å². The van der Waals surface area contributed by atoms with Gasteiger partial charge in [0.1, 0.15) is 0 Å². The first-order valence-corrected chi connectivity index (χ1v) is 7.86. The smallest absolute Gasteiger partial charge is 0.231 e. The summed E-state index contributed by atoms with van der Waals surface area (Å²) in [5.41, 5.74) is 0.924. The van der Waals surface area contributed by atoms with Crippen molar-refractivity contribution in [3.05, 3.63) is 24.4 Å². The molecule has 0 aliphatic carbocycles. The summed E-state index contributed by atoms with van der Waals surface area (Å²) in [7, 11) is 0. The zero-order chi connectivity index (χ0) is 14.2.